The average molecular weight is 407 g/mol. The van der Waals surface area contributed by atoms with Crippen molar-refractivity contribution >= 4 is 17.7 Å². The van der Waals surface area contributed by atoms with Crippen molar-refractivity contribution in [3.8, 4) is 0 Å². The summed E-state index contributed by atoms with van der Waals surface area (Å²) in [5, 5.41) is 3.22. The van der Waals surface area contributed by atoms with Crippen LogP contribution in [0.3, 0.4) is 0 Å². The van der Waals surface area contributed by atoms with Gasteiger partial charge < -0.3 is 9.73 Å². The normalized spacial score (nSPS) is 15.9. The zero-order valence-corrected chi connectivity index (χ0v) is 17.2. The van der Waals surface area contributed by atoms with Crippen LogP contribution in [-0.4, -0.2) is 41.9 Å². The zero-order chi connectivity index (χ0) is 19.9. The van der Waals surface area contributed by atoms with E-state index in [9.17, 15) is 4.79 Å². The summed E-state index contributed by atoms with van der Waals surface area (Å²) in [5.41, 5.74) is 2.00. The van der Waals surface area contributed by atoms with Gasteiger partial charge in [-0.25, -0.2) is 0 Å². The smallest absolute Gasteiger partial charge is 0.232 e. The van der Waals surface area contributed by atoms with Crippen LogP contribution in [0.15, 0.2) is 83.5 Å². The van der Waals surface area contributed by atoms with Crippen LogP contribution in [0.4, 0.5) is 0 Å². The van der Waals surface area contributed by atoms with Crippen molar-refractivity contribution in [3.63, 3.8) is 0 Å². The van der Waals surface area contributed by atoms with Gasteiger partial charge in [0.2, 0.25) is 5.91 Å². The lowest BCUT2D eigenvalue weighted by atomic mass is 9.90. The van der Waals surface area contributed by atoms with E-state index < -0.39 is 0 Å². The quantitative estimate of drug-likeness (QED) is 0.635. The third kappa shape index (κ3) is 4.92. The largest absolute Gasteiger partial charge is 0.468 e. The second-order valence-corrected chi connectivity index (χ2v) is 8.40. The first-order valence-corrected chi connectivity index (χ1v) is 11.2. The molecule has 4 nitrogen and oxygen atoms in total. The van der Waals surface area contributed by atoms with Crippen molar-refractivity contribution in [2.75, 3.05) is 31.1 Å². The van der Waals surface area contributed by atoms with Crippen molar-refractivity contribution < 1.29 is 9.21 Å². The van der Waals surface area contributed by atoms with Crippen molar-refractivity contribution in [3.05, 3.63) is 95.9 Å². The Kier molecular flexibility index (Phi) is 6.70. The molecule has 1 aromatic heterocycles. The van der Waals surface area contributed by atoms with E-state index in [1.807, 2.05) is 84.6 Å². The van der Waals surface area contributed by atoms with Crippen molar-refractivity contribution in [2.45, 2.75) is 12.0 Å². The first-order chi connectivity index (χ1) is 14.3. The lowest BCUT2D eigenvalue weighted by molar-refractivity contribution is -0.122. The Labute approximate surface area is 176 Å². The number of rotatable bonds is 7. The van der Waals surface area contributed by atoms with E-state index in [1.54, 1.807) is 6.26 Å². The van der Waals surface area contributed by atoms with Gasteiger partial charge in [0.15, 0.2) is 0 Å². The Hall–Kier alpha value is -2.50. The second kappa shape index (κ2) is 9.81. The molecule has 1 aliphatic heterocycles. The summed E-state index contributed by atoms with van der Waals surface area (Å²) in [7, 11) is 0. The number of nitrogens with one attached hydrogen (secondary N) is 1. The number of hydrogen-bond acceptors (Lipinski definition) is 4. The topological polar surface area (TPSA) is 45.5 Å². The maximum atomic E-state index is 13.3. The van der Waals surface area contributed by atoms with E-state index in [2.05, 4.69) is 10.2 Å². The highest BCUT2D eigenvalue weighted by Crippen LogP contribution is 2.27. The number of nitrogens with zero attached hydrogens (tertiary/aromatic N) is 1. The molecule has 2 heterocycles. The summed E-state index contributed by atoms with van der Waals surface area (Å²) in [5.74, 6) is 2.83. The number of thioether (sulfide) groups is 1. The number of amides is 1. The third-order valence-electron chi connectivity index (χ3n) is 5.36. The molecule has 0 radical (unpaired) electrons. The Bertz CT molecular complexity index is 838. The lowest BCUT2D eigenvalue weighted by Crippen LogP contribution is -2.43. The van der Waals surface area contributed by atoms with Crippen LogP contribution < -0.4 is 5.32 Å². The molecule has 29 heavy (non-hydrogen) atoms. The molecule has 0 aliphatic carbocycles. The fourth-order valence-electron chi connectivity index (χ4n) is 3.87. The minimum Gasteiger partial charge on any atom is -0.468 e. The minimum absolute atomic E-state index is 0.0188. The monoisotopic (exact) mass is 406 g/mol. The van der Waals surface area contributed by atoms with E-state index >= 15 is 0 Å². The molecule has 150 valence electrons. The van der Waals surface area contributed by atoms with Crippen LogP contribution in [-0.2, 0) is 4.79 Å². The lowest BCUT2D eigenvalue weighted by Gasteiger charge is -2.33. The van der Waals surface area contributed by atoms with Crippen LogP contribution in [0.2, 0.25) is 0 Å². The van der Waals surface area contributed by atoms with Gasteiger partial charge in [0.05, 0.1) is 18.2 Å². The van der Waals surface area contributed by atoms with E-state index in [1.165, 1.54) is 0 Å². The first-order valence-electron chi connectivity index (χ1n) is 10.1. The second-order valence-electron chi connectivity index (χ2n) is 7.18. The van der Waals surface area contributed by atoms with Crippen LogP contribution in [0.1, 0.15) is 28.8 Å². The van der Waals surface area contributed by atoms with Gasteiger partial charge in [0.25, 0.3) is 0 Å². The van der Waals surface area contributed by atoms with Gasteiger partial charge in [0, 0.05) is 31.1 Å². The van der Waals surface area contributed by atoms with E-state index in [-0.39, 0.29) is 17.9 Å². The highest BCUT2D eigenvalue weighted by molar-refractivity contribution is 7.99. The number of carbonyl (C=O) groups excluding carboxylic acids is 1. The maximum Gasteiger partial charge on any atom is 0.232 e. The van der Waals surface area contributed by atoms with Crippen LogP contribution in [0, 0.1) is 0 Å². The Morgan fingerprint density at radius 1 is 0.931 bits per heavy atom. The summed E-state index contributed by atoms with van der Waals surface area (Å²) in [4.78, 5) is 15.7. The van der Waals surface area contributed by atoms with Crippen LogP contribution >= 0.6 is 11.8 Å². The molecule has 5 heteroatoms. The number of furan rings is 1. The molecule has 1 aliphatic rings. The maximum absolute atomic E-state index is 13.3. The molecule has 2 aromatic carbocycles. The van der Waals surface area contributed by atoms with Gasteiger partial charge in [-0.15, -0.1) is 0 Å². The Morgan fingerprint density at radius 3 is 2.10 bits per heavy atom. The van der Waals surface area contributed by atoms with Gasteiger partial charge in [-0.1, -0.05) is 60.7 Å². The van der Waals surface area contributed by atoms with Gasteiger partial charge >= 0.3 is 0 Å². The zero-order valence-electron chi connectivity index (χ0n) is 16.4. The number of benzene rings is 2. The molecule has 1 amide bonds. The first kappa shape index (κ1) is 19.8. The average Bonchev–Trinajstić information content (AvgIpc) is 3.31. The number of carbonyl (C=O) groups is 1. The van der Waals surface area contributed by atoms with Gasteiger partial charge in [-0.3, -0.25) is 9.69 Å². The third-order valence-corrected chi connectivity index (χ3v) is 6.30. The highest BCUT2D eigenvalue weighted by Gasteiger charge is 2.28. The van der Waals surface area contributed by atoms with E-state index in [0.717, 1.165) is 41.5 Å². The summed E-state index contributed by atoms with van der Waals surface area (Å²) < 4.78 is 5.71. The molecule has 0 saturated carbocycles. The molecule has 3 aromatic rings. The van der Waals surface area contributed by atoms with Crippen molar-refractivity contribution in [1.29, 1.82) is 0 Å². The fourth-order valence-corrected chi connectivity index (χ4v) is 4.80. The van der Waals surface area contributed by atoms with E-state index in [4.69, 9.17) is 4.42 Å². The number of hydrogen-bond donors (Lipinski definition) is 1. The molecule has 1 N–H and O–H groups in total. The summed E-state index contributed by atoms with van der Waals surface area (Å²) in [6.45, 7) is 2.55. The summed E-state index contributed by atoms with van der Waals surface area (Å²) in [6, 6.07) is 23.9. The molecule has 0 unspecified atom stereocenters. The van der Waals surface area contributed by atoms with Crippen molar-refractivity contribution in [1.82, 2.24) is 10.2 Å². The Balaban J connectivity index is 1.53. The Morgan fingerprint density at radius 2 is 1.55 bits per heavy atom. The molecular formula is C24H26N2O2S. The van der Waals surface area contributed by atoms with Crippen LogP contribution in [0.25, 0.3) is 0 Å². The van der Waals surface area contributed by atoms with Crippen LogP contribution in [0.5, 0.6) is 0 Å². The molecule has 4 rings (SSSR count). The fraction of sp³-hybridized carbons (Fsp3) is 0.292. The molecule has 1 saturated heterocycles. The molecule has 0 spiro atoms. The van der Waals surface area contributed by atoms with Gasteiger partial charge in [-0.2, -0.15) is 11.8 Å². The predicted octanol–water partition coefficient (Wildman–Crippen LogP) is 4.32. The molecule has 1 atom stereocenters. The highest BCUT2D eigenvalue weighted by atomic mass is 32.2. The van der Waals surface area contributed by atoms with Gasteiger partial charge in [0.1, 0.15) is 5.76 Å². The summed E-state index contributed by atoms with van der Waals surface area (Å²) >= 11 is 1.98. The predicted molar refractivity (Wildman–Crippen MR) is 118 cm³/mol. The molecule has 0 bridgehead atoms. The SMILES string of the molecule is O=C(NC[C@H](c1ccco1)N1CCSCC1)C(c1ccccc1)c1ccccc1. The standard InChI is InChI=1S/C24H26N2O2S/c27-24(23(19-8-3-1-4-9-19)20-10-5-2-6-11-20)25-18-21(22-12-7-15-28-22)26-13-16-29-17-14-26/h1-12,15,21,23H,13-14,16-18H2,(H,25,27)/t21-/m1/s1. The molecule has 1 fully saturated rings. The van der Waals surface area contributed by atoms with Crippen molar-refractivity contribution in [2.24, 2.45) is 0 Å². The molecular weight excluding hydrogens is 380 g/mol. The minimum atomic E-state index is -0.327. The summed E-state index contributed by atoms with van der Waals surface area (Å²) in [6.07, 6.45) is 1.71. The van der Waals surface area contributed by atoms with Gasteiger partial charge in [-0.05, 0) is 23.3 Å². The van der Waals surface area contributed by atoms with E-state index in [0.29, 0.717) is 6.54 Å².